The summed E-state index contributed by atoms with van der Waals surface area (Å²) < 4.78 is 10.7. The Labute approximate surface area is 196 Å². The lowest BCUT2D eigenvalue weighted by molar-refractivity contribution is -0.140. The first-order valence-corrected chi connectivity index (χ1v) is 10.9. The van der Waals surface area contributed by atoms with E-state index in [4.69, 9.17) is 9.47 Å². The van der Waals surface area contributed by atoms with Crippen molar-refractivity contribution in [3.8, 4) is 5.88 Å². The average Bonchev–Trinajstić information content (AvgIpc) is 2.83. The van der Waals surface area contributed by atoms with E-state index in [0.29, 0.717) is 5.56 Å². The van der Waals surface area contributed by atoms with Gasteiger partial charge < -0.3 is 25.4 Å². The molecule has 2 aromatic rings. The van der Waals surface area contributed by atoms with Crippen molar-refractivity contribution in [2.24, 2.45) is 5.92 Å². The third-order valence-electron chi connectivity index (χ3n) is 5.09. The second kappa shape index (κ2) is 11.7. The van der Waals surface area contributed by atoms with Crippen LogP contribution in [0.3, 0.4) is 0 Å². The number of rotatable bonds is 6. The lowest BCUT2D eigenvalue weighted by atomic mass is 10.00. The fourth-order valence-electron chi connectivity index (χ4n) is 3.29. The number of carbonyl (C=O) groups is 4. The molecule has 0 saturated carbocycles. The summed E-state index contributed by atoms with van der Waals surface area (Å²) in [6.07, 6.45) is 1.93. The highest BCUT2D eigenvalue weighted by Crippen LogP contribution is 2.17. The first-order chi connectivity index (χ1) is 16.3. The number of aromatic nitrogens is 2. The Morgan fingerprint density at radius 3 is 2.74 bits per heavy atom. The van der Waals surface area contributed by atoms with Crippen LogP contribution in [0.2, 0.25) is 0 Å². The van der Waals surface area contributed by atoms with E-state index in [1.807, 2.05) is 18.2 Å². The van der Waals surface area contributed by atoms with Crippen LogP contribution < -0.4 is 20.7 Å². The molecule has 1 aromatic carbocycles. The van der Waals surface area contributed by atoms with Crippen LogP contribution in [0.4, 0.5) is 4.79 Å². The Morgan fingerprint density at radius 2 is 2.00 bits per heavy atom. The summed E-state index contributed by atoms with van der Waals surface area (Å²) in [5.41, 5.74) is 1.26. The summed E-state index contributed by atoms with van der Waals surface area (Å²) in [4.78, 5) is 58.4. The Morgan fingerprint density at radius 1 is 1.24 bits per heavy atom. The van der Waals surface area contributed by atoms with E-state index in [0.717, 1.165) is 5.56 Å². The van der Waals surface area contributed by atoms with Crippen LogP contribution in [0.5, 0.6) is 5.88 Å². The fraction of sp³-hybridized carbons (Fsp3) is 0.391. The molecule has 3 rings (SSSR count). The summed E-state index contributed by atoms with van der Waals surface area (Å²) in [5, 5.41) is 7.58. The minimum Gasteiger partial charge on any atom is -0.476 e. The molecule has 34 heavy (non-hydrogen) atoms. The van der Waals surface area contributed by atoms with E-state index in [2.05, 4.69) is 25.9 Å². The molecule has 3 amide bonds. The molecular formula is C23H27N5O6. The van der Waals surface area contributed by atoms with Gasteiger partial charge in [-0.05, 0) is 11.5 Å². The molecule has 180 valence electrons. The SMILES string of the molecule is CC(C)C(NC(=O)OCc1ccccc1)C(=O)NC1Cc2cncnc2OCCNC(=O)C1=O. The lowest BCUT2D eigenvalue weighted by Crippen LogP contribution is -2.56. The second-order valence-electron chi connectivity index (χ2n) is 8.01. The summed E-state index contributed by atoms with van der Waals surface area (Å²) in [6, 6.07) is 6.89. The van der Waals surface area contributed by atoms with Gasteiger partial charge in [-0.1, -0.05) is 44.2 Å². The maximum Gasteiger partial charge on any atom is 0.408 e. The molecule has 0 radical (unpaired) electrons. The number of carbonyl (C=O) groups excluding carboxylic acids is 4. The van der Waals surface area contributed by atoms with Gasteiger partial charge in [-0.15, -0.1) is 0 Å². The predicted molar refractivity (Wildman–Crippen MR) is 120 cm³/mol. The van der Waals surface area contributed by atoms with Gasteiger partial charge in [0, 0.05) is 18.2 Å². The average molecular weight is 469 g/mol. The Hall–Kier alpha value is -4.02. The van der Waals surface area contributed by atoms with Gasteiger partial charge in [-0.3, -0.25) is 14.4 Å². The molecule has 3 N–H and O–H groups in total. The molecule has 0 fully saturated rings. The van der Waals surface area contributed by atoms with Gasteiger partial charge in [0.2, 0.25) is 17.6 Å². The maximum atomic E-state index is 13.1. The highest BCUT2D eigenvalue weighted by Gasteiger charge is 2.33. The van der Waals surface area contributed by atoms with Crippen LogP contribution in [0, 0.1) is 5.92 Å². The molecule has 0 spiro atoms. The molecule has 1 aliphatic heterocycles. The molecule has 0 aliphatic carbocycles. The molecule has 1 aromatic heterocycles. The Bertz CT molecular complexity index is 1030. The maximum absolute atomic E-state index is 13.1. The van der Waals surface area contributed by atoms with E-state index in [-0.39, 0.29) is 38.0 Å². The number of hydrogen-bond acceptors (Lipinski definition) is 8. The number of ketones is 1. The van der Waals surface area contributed by atoms with Crippen LogP contribution in [-0.4, -0.2) is 58.9 Å². The van der Waals surface area contributed by atoms with Crippen molar-refractivity contribution < 1.29 is 28.7 Å². The van der Waals surface area contributed by atoms with Gasteiger partial charge in [0.05, 0.1) is 6.54 Å². The van der Waals surface area contributed by atoms with Gasteiger partial charge in [-0.2, -0.15) is 0 Å². The monoisotopic (exact) mass is 469 g/mol. The van der Waals surface area contributed by atoms with Gasteiger partial charge in [0.1, 0.15) is 31.6 Å². The molecule has 11 heteroatoms. The quantitative estimate of drug-likeness (QED) is 0.519. The van der Waals surface area contributed by atoms with E-state index in [1.54, 1.807) is 26.0 Å². The summed E-state index contributed by atoms with van der Waals surface area (Å²) in [5.74, 6) is -2.35. The van der Waals surface area contributed by atoms with Gasteiger partial charge in [0.25, 0.3) is 5.91 Å². The Kier molecular flexibility index (Phi) is 8.49. The topological polar surface area (TPSA) is 149 Å². The van der Waals surface area contributed by atoms with Crippen molar-refractivity contribution in [1.82, 2.24) is 25.9 Å². The zero-order valence-corrected chi connectivity index (χ0v) is 18.9. The fourth-order valence-corrected chi connectivity index (χ4v) is 3.29. The number of benzene rings is 1. The minimum absolute atomic E-state index is 0.0389. The van der Waals surface area contributed by atoms with Gasteiger partial charge in [-0.25, -0.2) is 14.8 Å². The molecule has 2 unspecified atom stereocenters. The van der Waals surface area contributed by atoms with E-state index in [1.165, 1.54) is 12.5 Å². The third kappa shape index (κ3) is 6.74. The van der Waals surface area contributed by atoms with Crippen molar-refractivity contribution in [2.45, 2.75) is 39.0 Å². The van der Waals surface area contributed by atoms with Crippen LogP contribution in [0.25, 0.3) is 0 Å². The first-order valence-electron chi connectivity index (χ1n) is 10.9. The van der Waals surface area contributed by atoms with Crippen LogP contribution in [0.15, 0.2) is 42.9 Å². The third-order valence-corrected chi connectivity index (χ3v) is 5.09. The van der Waals surface area contributed by atoms with Gasteiger partial charge in [0.15, 0.2) is 0 Å². The molecular weight excluding hydrogens is 442 g/mol. The van der Waals surface area contributed by atoms with Crippen LogP contribution in [0.1, 0.15) is 25.0 Å². The lowest BCUT2D eigenvalue weighted by Gasteiger charge is -2.25. The molecule has 1 aliphatic rings. The first kappa shape index (κ1) is 24.6. The number of nitrogens with one attached hydrogen (secondary N) is 3. The molecule has 2 atom stereocenters. The molecule has 0 saturated heterocycles. The van der Waals surface area contributed by atoms with E-state index >= 15 is 0 Å². The molecule has 0 bridgehead atoms. The van der Waals surface area contributed by atoms with Crippen LogP contribution >= 0.6 is 0 Å². The van der Waals surface area contributed by atoms with Crippen LogP contribution in [-0.2, 0) is 32.1 Å². The van der Waals surface area contributed by atoms with Crippen molar-refractivity contribution in [1.29, 1.82) is 0 Å². The molecule has 2 heterocycles. The summed E-state index contributed by atoms with van der Waals surface area (Å²) >= 11 is 0. The second-order valence-corrected chi connectivity index (χ2v) is 8.01. The summed E-state index contributed by atoms with van der Waals surface area (Å²) in [7, 11) is 0. The van der Waals surface area contributed by atoms with Crippen molar-refractivity contribution in [3.63, 3.8) is 0 Å². The number of ether oxygens (including phenoxy) is 2. The standard InChI is InChI=1S/C23H27N5O6/c1-14(2)18(28-23(32)34-12-15-6-4-3-5-7-15)20(30)27-17-10-16-11-24-13-26-22(16)33-9-8-25-21(31)19(17)29/h3-7,11,13-14,17-18H,8-10,12H2,1-2H3,(H,25,31)(H,27,30)(H,28,32). The Balaban J connectivity index is 1.70. The highest BCUT2D eigenvalue weighted by molar-refractivity contribution is 6.38. The van der Waals surface area contributed by atoms with Crippen molar-refractivity contribution in [2.75, 3.05) is 13.2 Å². The number of alkyl carbamates (subject to hydrolysis) is 1. The smallest absolute Gasteiger partial charge is 0.408 e. The van der Waals surface area contributed by atoms with Crippen molar-refractivity contribution in [3.05, 3.63) is 54.0 Å². The van der Waals surface area contributed by atoms with E-state index < -0.39 is 35.8 Å². The minimum atomic E-state index is -1.21. The summed E-state index contributed by atoms with van der Waals surface area (Å²) in [6.45, 7) is 3.74. The van der Waals surface area contributed by atoms with Crippen molar-refractivity contribution >= 4 is 23.7 Å². The number of nitrogens with zero attached hydrogens (tertiary/aromatic N) is 2. The number of hydrogen-bond donors (Lipinski definition) is 3. The zero-order chi connectivity index (χ0) is 24.5. The number of fused-ring (bicyclic) bond motifs is 1. The predicted octanol–water partition coefficient (Wildman–Crippen LogP) is 0.533. The largest absolute Gasteiger partial charge is 0.476 e. The van der Waals surface area contributed by atoms with E-state index in [9.17, 15) is 19.2 Å². The zero-order valence-electron chi connectivity index (χ0n) is 18.9. The number of Topliss-reactive ketones (excluding diaryl/α,β-unsaturated/α-hetero) is 1. The normalized spacial score (nSPS) is 17.0. The highest BCUT2D eigenvalue weighted by atomic mass is 16.5. The van der Waals surface area contributed by atoms with Gasteiger partial charge >= 0.3 is 6.09 Å². The molecule has 11 nitrogen and oxygen atoms in total. The number of amides is 3.